The summed E-state index contributed by atoms with van der Waals surface area (Å²) < 4.78 is 5.20. The third-order valence-electron chi connectivity index (χ3n) is 3.91. The van der Waals surface area contributed by atoms with E-state index in [-0.39, 0.29) is 18.3 Å². The van der Waals surface area contributed by atoms with Crippen molar-refractivity contribution in [2.24, 2.45) is 0 Å². The summed E-state index contributed by atoms with van der Waals surface area (Å²) in [5, 5.41) is 6.27. The first-order valence-electron chi connectivity index (χ1n) is 7.54. The van der Waals surface area contributed by atoms with Crippen LogP contribution in [0, 0.1) is 0 Å². The van der Waals surface area contributed by atoms with Crippen LogP contribution in [0.2, 0.25) is 0 Å². The molecule has 23 heavy (non-hydrogen) atoms. The molecule has 2 aromatic rings. The van der Waals surface area contributed by atoms with Gasteiger partial charge in [0.05, 0.1) is 7.11 Å². The number of fused-ring (bicyclic) bond motifs is 1. The average molecular weight is 333 g/mol. The topological polar surface area (TPSA) is 50.4 Å². The smallest absolute Gasteiger partial charge is 0.251 e. The van der Waals surface area contributed by atoms with E-state index in [0.717, 1.165) is 42.0 Å². The Morgan fingerprint density at radius 2 is 2.13 bits per heavy atom. The lowest BCUT2D eigenvalue weighted by atomic mass is 10.1. The zero-order chi connectivity index (χ0) is 15.4. The van der Waals surface area contributed by atoms with Crippen molar-refractivity contribution < 1.29 is 9.53 Å². The van der Waals surface area contributed by atoms with Gasteiger partial charge >= 0.3 is 0 Å². The number of carbonyl (C=O) groups excluding carboxylic acids is 1. The van der Waals surface area contributed by atoms with Crippen molar-refractivity contribution in [3.05, 3.63) is 59.2 Å². The first-order valence-corrected chi connectivity index (χ1v) is 7.54. The quantitative estimate of drug-likeness (QED) is 0.884. The zero-order valence-corrected chi connectivity index (χ0v) is 13.9. The molecule has 0 aliphatic carbocycles. The van der Waals surface area contributed by atoms with E-state index >= 15 is 0 Å². The number of anilines is 1. The minimum atomic E-state index is -0.0161. The highest BCUT2D eigenvalue weighted by atomic mass is 35.5. The summed E-state index contributed by atoms with van der Waals surface area (Å²) in [6.45, 7) is 1.57. The van der Waals surface area contributed by atoms with Crippen LogP contribution >= 0.6 is 12.4 Å². The van der Waals surface area contributed by atoms with Crippen LogP contribution in [0.1, 0.15) is 21.5 Å². The third kappa shape index (κ3) is 4.17. The van der Waals surface area contributed by atoms with Crippen LogP contribution in [0.3, 0.4) is 0 Å². The molecule has 4 nitrogen and oxygen atoms in total. The summed E-state index contributed by atoms with van der Waals surface area (Å²) in [7, 11) is 1.66. The van der Waals surface area contributed by atoms with Crippen molar-refractivity contribution in [2.75, 3.05) is 25.5 Å². The Morgan fingerprint density at radius 1 is 1.26 bits per heavy atom. The molecule has 1 aliphatic rings. The average Bonchev–Trinajstić information content (AvgIpc) is 3.02. The molecule has 1 amide bonds. The number of benzene rings is 2. The van der Waals surface area contributed by atoms with Crippen molar-refractivity contribution >= 4 is 24.0 Å². The lowest BCUT2D eigenvalue weighted by Crippen LogP contribution is -2.25. The maximum Gasteiger partial charge on any atom is 0.251 e. The van der Waals surface area contributed by atoms with Gasteiger partial charge in [0.15, 0.2) is 0 Å². The minimum absolute atomic E-state index is 0. The van der Waals surface area contributed by atoms with Crippen molar-refractivity contribution in [2.45, 2.75) is 12.8 Å². The number of carbonyl (C=O) groups is 1. The highest BCUT2D eigenvalue weighted by Crippen LogP contribution is 2.22. The van der Waals surface area contributed by atoms with Gasteiger partial charge in [-0.25, -0.2) is 0 Å². The Balaban J connectivity index is 0.00000192. The number of methoxy groups -OCH3 is 1. The highest BCUT2D eigenvalue weighted by molar-refractivity contribution is 5.95. The van der Waals surface area contributed by atoms with Crippen molar-refractivity contribution in [1.82, 2.24) is 5.32 Å². The van der Waals surface area contributed by atoms with Crippen LogP contribution in [0.25, 0.3) is 0 Å². The molecule has 0 atom stereocenters. The van der Waals surface area contributed by atoms with E-state index in [4.69, 9.17) is 4.74 Å². The fraction of sp³-hybridized carbons (Fsp3) is 0.278. The minimum Gasteiger partial charge on any atom is -0.497 e. The molecule has 0 fully saturated rings. The SMILES string of the molecule is COc1cccc(CCNC(=O)c2ccc3c(c2)CCN3)c1.Cl. The molecule has 0 unspecified atom stereocenters. The number of hydrogen-bond acceptors (Lipinski definition) is 3. The molecule has 3 rings (SSSR count). The molecule has 122 valence electrons. The summed E-state index contributed by atoms with van der Waals surface area (Å²) in [4.78, 5) is 12.2. The van der Waals surface area contributed by atoms with Crippen LogP contribution in [0.5, 0.6) is 5.75 Å². The second-order valence-electron chi connectivity index (χ2n) is 5.41. The van der Waals surface area contributed by atoms with Crippen LogP contribution in [0.4, 0.5) is 5.69 Å². The second-order valence-corrected chi connectivity index (χ2v) is 5.41. The van der Waals surface area contributed by atoms with Gasteiger partial charge in [-0.1, -0.05) is 12.1 Å². The first kappa shape index (κ1) is 17.2. The summed E-state index contributed by atoms with van der Waals surface area (Å²) in [6.07, 6.45) is 1.77. The molecule has 0 spiro atoms. The lowest BCUT2D eigenvalue weighted by molar-refractivity contribution is 0.0954. The summed E-state index contributed by atoms with van der Waals surface area (Å²) in [6, 6.07) is 13.8. The van der Waals surface area contributed by atoms with Gasteiger partial charge < -0.3 is 15.4 Å². The summed E-state index contributed by atoms with van der Waals surface area (Å²) in [5.74, 6) is 0.826. The Bertz CT molecular complexity index is 688. The maximum absolute atomic E-state index is 12.2. The van der Waals surface area contributed by atoms with E-state index in [1.807, 2.05) is 42.5 Å². The molecular weight excluding hydrogens is 312 g/mol. The molecular formula is C18H21ClN2O2. The van der Waals surface area contributed by atoms with E-state index in [2.05, 4.69) is 10.6 Å². The van der Waals surface area contributed by atoms with Gasteiger partial charge in [0, 0.05) is 24.3 Å². The molecule has 0 saturated heterocycles. The highest BCUT2D eigenvalue weighted by Gasteiger charge is 2.13. The molecule has 1 aliphatic heterocycles. The zero-order valence-electron chi connectivity index (χ0n) is 13.1. The van der Waals surface area contributed by atoms with E-state index in [1.54, 1.807) is 7.11 Å². The standard InChI is InChI=1S/C18H20N2O2.ClH/c1-22-16-4-2-3-13(11-16)7-9-20-18(21)15-5-6-17-14(12-15)8-10-19-17;/h2-6,11-12,19H,7-10H2,1H3,(H,20,21);1H. The predicted molar refractivity (Wildman–Crippen MR) is 94.9 cm³/mol. The number of rotatable bonds is 5. The monoisotopic (exact) mass is 332 g/mol. The van der Waals surface area contributed by atoms with Gasteiger partial charge in [-0.2, -0.15) is 0 Å². The molecule has 1 heterocycles. The van der Waals surface area contributed by atoms with E-state index in [1.165, 1.54) is 5.56 Å². The van der Waals surface area contributed by atoms with E-state index in [9.17, 15) is 4.79 Å². The molecule has 0 saturated carbocycles. The second kappa shape index (κ2) is 7.88. The molecule has 0 radical (unpaired) electrons. The van der Waals surface area contributed by atoms with Crippen molar-refractivity contribution in [1.29, 1.82) is 0 Å². The Labute approximate surface area is 142 Å². The molecule has 2 N–H and O–H groups in total. The van der Waals surface area contributed by atoms with E-state index < -0.39 is 0 Å². The lowest BCUT2D eigenvalue weighted by Gasteiger charge is -2.08. The predicted octanol–water partition coefficient (Wildman–Crippen LogP) is 3.06. The number of amides is 1. The Morgan fingerprint density at radius 3 is 2.96 bits per heavy atom. The van der Waals surface area contributed by atoms with Gasteiger partial charge in [0.25, 0.3) is 5.91 Å². The molecule has 0 aromatic heterocycles. The Hall–Kier alpha value is -2.20. The summed E-state index contributed by atoms with van der Waals surface area (Å²) in [5.41, 5.74) is 4.25. The van der Waals surface area contributed by atoms with Gasteiger partial charge in [-0.3, -0.25) is 4.79 Å². The van der Waals surface area contributed by atoms with E-state index in [0.29, 0.717) is 6.54 Å². The van der Waals surface area contributed by atoms with Gasteiger partial charge in [-0.15, -0.1) is 12.4 Å². The van der Waals surface area contributed by atoms with Crippen molar-refractivity contribution in [3.63, 3.8) is 0 Å². The van der Waals surface area contributed by atoms with Gasteiger partial charge in [-0.05, 0) is 54.3 Å². The number of ether oxygens (including phenoxy) is 1. The van der Waals surface area contributed by atoms with Crippen molar-refractivity contribution in [3.8, 4) is 5.75 Å². The van der Waals surface area contributed by atoms with Gasteiger partial charge in [0.2, 0.25) is 0 Å². The largest absolute Gasteiger partial charge is 0.497 e. The third-order valence-corrected chi connectivity index (χ3v) is 3.91. The number of nitrogens with one attached hydrogen (secondary N) is 2. The fourth-order valence-electron chi connectivity index (χ4n) is 2.70. The fourth-order valence-corrected chi connectivity index (χ4v) is 2.70. The maximum atomic E-state index is 12.2. The van der Waals surface area contributed by atoms with Crippen LogP contribution in [0.15, 0.2) is 42.5 Å². The number of hydrogen-bond donors (Lipinski definition) is 2. The first-order chi connectivity index (χ1) is 10.8. The normalized spacial score (nSPS) is 11.9. The number of halogens is 1. The van der Waals surface area contributed by atoms with Gasteiger partial charge in [0.1, 0.15) is 5.75 Å². The Kier molecular flexibility index (Phi) is 5.88. The summed E-state index contributed by atoms with van der Waals surface area (Å²) >= 11 is 0. The van der Waals surface area contributed by atoms with Crippen LogP contribution < -0.4 is 15.4 Å². The van der Waals surface area contributed by atoms with Crippen LogP contribution in [-0.4, -0.2) is 26.1 Å². The van der Waals surface area contributed by atoms with Crippen LogP contribution in [-0.2, 0) is 12.8 Å². The molecule has 2 aromatic carbocycles. The molecule has 0 bridgehead atoms. The molecule has 5 heteroatoms.